The van der Waals surface area contributed by atoms with E-state index in [1.165, 1.54) is 0 Å². The van der Waals surface area contributed by atoms with Gasteiger partial charge in [-0.05, 0) is 12.8 Å². The van der Waals surface area contributed by atoms with E-state index < -0.39 is 0 Å². The smallest absolute Gasteiger partial charge is 0.243 e. The third-order valence-electron chi connectivity index (χ3n) is 2.74. The van der Waals surface area contributed by atoms with Crippen LogP contribution in [-0.4, -0.2) is 49.1 Å². The third kappa shape index (κ3) is 3.85. The van der Waals surface area contributed by atoms with E-state index in [1.807, 2.05) is 6.92 Å². The van der Waals surface area contributed by atoms with Crippen molar-refractivity contribution >= 4 is 11.8 Å². The fraction of sp³-hybridized carbons (Fsp3) is 0.667. The molecule has 2 amide bonds. The fourth-order valence-corrected chi connectivity index (χ4v) is 1.82. The van der Waals surface area contributed by atoms with Gasteiger partial charge in [-0.15, -0.1) is 6.58 Å². The van der Waals surface area contributed by atoms with Crippen LogP contribution in [-0.2, 0) is 14.3 Å². The Morgan fingerprint density at radius 2 is 2.29 bits per heavy atom. The second-order valence-corrected chi connectivity index (χ2v) is 3.92. The van der Waals surface area contributed by atoms with Crippen molar-refractivity contribution in [2.45, 2.75) is 25.8 Å². The molecule has 5 nitrogen and oxygen atoms in total. The van der Waals surface area contributed by atoms with E-state index in [4.69, 9.17) is 4.74 Å². The summed E-state index contributed by atoms with van der Waals surface area (Å²) in [6.45, 7) is 7.14. The summed E-state index contributed by atoms with van der Waals surface area (Å²) in [6, 6.07) is -0.348. The van der Waals surface area contributed by atoms with E-state index in [2.05, 4.69) is 11.9 Å². The molecule has 17 heavy (non-hydrogen) atoms. The van der Waals surface area contributed by atoms with E-state index in [9.17, 15) is 9.59 Å². The topological polar surface area (TPSA) is 58.6 Å². The van der Waals surface area contributed by atoms with E-state index in [-0.39, 0.29) is 24.4 Å². The van der Waals surface area contributed by atoms with Gasteiger partial charge >= 0.3 is 0 Å². The lowest BCUT2D eigenvalue weighted by atomic mass is 10.1. The molecule has 1 unspecified atom stereocenters. The monoisotopic (exact) mass is 240 g/mol. The molecule has 96 valence electrons. The number of nitrogens with one attached hydrogen (secondary N) is 1. The zero-order valence-electron chi connectivity index (χ0n) is 10.3. The number of hydrogen-bond acceptors (Lipinski definition) is 3. The van der Waals surface area contributed by atoms with Gasteiger partial charge in [0.05, 0.1) is 19.8 Å². The second kappa shape index (κ2) is 7.06. The highest BCUT2D eigenvalue weighted by molar-refractivity contribution is 5.94. The molecular weight excluding hydrogens is 220 g/mol. The van der Waals surface area contributed by atoms with Crippen LogP contribution in [0.1, 0.15) is 19.8 Å². The number of hydrogen-bond donors (Lipinski definition) is 1. The molecule has 0 saturated carbocycles. The number of piperazine rings is 1. The van der Waals surface area contributed by atoms with Gasteiger partial charge in [-0.25, -0.2) is 0 Å². The quantitative estimate of drug-likeness (QED) is 0.515. The summed E-state index contributed by atoms with van der Waals surface area (Å²) in [5.41, 5.74) is 0. The predicted molar refractivity (Wildman–Crippen MR) is 64.4 cm³/mol. The fourth-order valence-electron chi connectivity index (χ4n) is 1.82. The summed E-state index contributed by atoms with van der Waals surface area (Å²) < 4.78 is 5.36. The number of amides is 2. The first-order valence-electron chi connectivity index (χ1n) is 5.96. The molecule has 1 heterocycles. The van der Waals surface area contributed by atoms with Crippen LogP contribution in [0.2, 0.25) is 0 Å². The lowest BCUT2D eigenvalue weighted by Crippen LogP contribution is -2.58. The maximum absolute atomic E-state index is 11.7. The van der Waals surface area contributed by atoms with Crippen molar-refractivity contribution in [3.05, 3.63) is 12.7 Å². The van der Waals surface area contributed by atoms with Crippen LogP contribution >= 0.6 is 0 Å². The van der Waals surface area contributed by atoms with Gasteiger partial charge in [0.15, 0.2) is 0 Å². The standard InChI is InChI=1S/C12H20N2O3/c1-3-5-7-17-8-6-14-10(4-2)12(16)13-9-11(14)15/h3,10H,1,4-9H2,2H3,(H,13,16). The van der Waals surface area contributed by atoms with Crippen molar-refractivity contribution in [3.8, 4) is 0 Å². The van der Waals surface area contributed by atoms with Crippen LogP contribution in [0.5, 0.6) is 0 Å². The number of nitrogens with zero attached hydrogens (tertiary/aromatic N) is 1. The molecule has 1 rings (SSSR count). The Morgan fingerprint density at radius 3 is 2.94 bits per heavy atom. The molecule has 1 fully saturated rings. The van der Waals surface area contributed by atoms with Crippen LogP contribution in [0.4, 0.5) is 0 Å². The Bertz CT molecular complexity index is 291. The molecule has 0 spiro atoms. The van der Waals surface area contributed by atoms with Crippen LogP contribution in [0.25, 0.3) is 0 Å². The van der Waals surface area contributed by atoms with E-state index in [0.29, 0.717) is 26.2 Å². The van der Waals surface area contributed by atoms with Crippen LogP contribution in [0.3, 0.4) is 0 Å². The zero-order valence-corrected chi connectivity index (χ0v) is 10.3. The largest absolute Gasteiger partial charge is 0.379 e. The van der Waals surface area contributed by atoms with Crippen LogP contribution in [0, 0.1) is 0 Å². The zero-order chi connectivity index (χ0) is 12.7. The van der Waals surface area contributed by atoms with Gasteiger partial charge in [-0.3, -0.25) is 9.59 Å². The molecule has 0 aromatic rings. The Labute approximate surface area is 102 Å². The number of carbonyl (C=O) groups is 2. The molecular formula is C12H20N2O3. The highest BCUT2D eigenvalue weighted by Crippen LogP contribution is 2.09. The average Bonchev–Trinajstić information content (AvgIpc) is 2.33. The third-order valence-corrected chi connectivity index (χ3v) is 2.74. The molecule has 1 atom stereocenters. The van der Waals surface area contributed by atoms with E-state index in [1.54, 1.807) is 11.0 Å². The molecule has 0 bridgehead atoms. The Kier molecular flexibility index (Phi) is 5.69. The normalized spacial score (nSPS) is 20.3. The SMILES string of the molecule is C=CCCOCCN1C(=O)CNC(=O)C1CC. The first-order chi connectivity index (χ1) is 8.20. The lowest BCUT2D eigenvalue weighted by molar-refractivity contribution is -0.146. The van der Waals surface area contributed by atoms with Gasteiger partial charge in [0.2, 0.25) is 11.8 Å². The summed E-state index contributed by atoms with van der Waals surface area (Å²) in [4.78, 5) is 24.8. The lowest BCUT2D eigenvalue weighted by Gasteiger charge is -2.34. The molecule has 0 radical (unpaired) electrons. The minimum absolute atomic E-state index is 0.0382. The molecule has 0 aromatic heterocycles. The minimum Gasteiger partial charge on any atom is -0.379 e. The molecule has 0 aromatic carbocycles. The second-order valence-electron chi connectivity index (χ2n) is 3.92. The van der Waals surface area contributed by atoms with Crippen LogP contribution in [0.15, 0.2) is 12.7 Å². The number of rotatable bonds is 7. The van der Waals surface area contributed by atoms with Gasteiger partial charge in [0.1, 0.15) is 6.04 Å². The summed E-state index contributed by atoms with van der Waals surface area (Å²) in [5.74, 6) is -0.109. The summed E-state index contributed by atoms with van der Waals surface area (Å²) in [5, 5.41) is 2.59. The first kappa shape index (κ1) is 13.7. The number of carbonyl (C=O) groups excluding carboxylic acids is 2. The summed E-state index contributed by atoms with van der Waals surface area (Å²) in [6.07, 6.45) is 3.21. The summed E-state index contributed by atoms with van der Waals surface area (Å²) in [7, 11) is 0. The molecule has 1 aliphatic heterocycles. The Balaban J connectivity index is 2.39. The molecule has 5 heteroatoms. The van der Waals surface area contributed by atoms with Crippen molar-refractivity contribution in [3.63, 3.8) is 0 Å². The van der Waals surface area contributed by atoms with Crippen LogP contribution < -0.4 is 5.32 Å². The number of ether oxygens (including phenoxy) is 1. The summed E-state index contributed by atoms with van der Waals surface area (Å²) >= 11 is 0. The van der Waals surface area contributed by atoms with E-state index >= 15 is 0 Å². The van der Waals surface area contributed by atoms with Crippen molar-refractivity contribution in [2.24, 2.45) is 0 Å². The van der Waals surface area contributed by atoms with Gasteiger partial charge in [0, 0.05) is 6.54 Å². The maximum atomic E-state index is 11.7. The van der Waals surface area contributed by atoms with Gasteiger partial charge in [-0.2, -0.15) is 0 Å². The van der Waals surface area contributed by atoms with E-state index in [0.717, 1.165) is 6.42 Å². The first-order valence-corrected chi connectivity index (χ1v) is 5.96. The van der Waals surface area contributed by atoms with Gasteiger partial charge in [-0.1, -0.05) is 13.0 Å². The molecule has 1 N–H and O–H groups in total. The Morgan fingerprint density at radius 1 is 1.53 bits per heavy atom. The predicted octanol–water partition coefficient (Wildman–Crippen LogP) is 0.316. The van der Waals surface area contributed by atoms with Crippen molar-refractivity contribution in [1.29, 1.82) is 0 Å². The van der Waals surface area contributed by atoms with Gasteiger partial charge < -0.3 is 15.0 Å². The van der Waals surface area contributed by atoms with Crippen molar-refractivity contribution < 1.29 is 14.3 Å². The highest BCUT2D eigenvalue weighted by atomic mass is 16.5. The van der Waals surface area contributed by atoms with Crippen molar-refractivity contribution in [2.75, 3.05) is 26.3 Å². The molecule has 0 aliphatic carbocycles. The molecule has 1 saturated heterocycles. The average molecular weight is 240 g/mol. The van der Waals surface area contributed by atoms with Crippen molar-refractivity contribution in [1.82, 2.24) is 10.2 Å². The Hall–Kier alpha value is -1.36. The minimum atomic E-state index is -0.348. The molecule has 1 aliphatic rings. The van der Waals surface area contributed by atoms with Gasteiger partial charge in [0.25, 0.3) is 0 Å². The highest BCUT2D eigenvalue weighted by Gasteiger charge is 2.32. The maximum Gasteiger partial charge on any atom is 0.243 e.